The van der Waals surface area contributed by atoms with Crippen LogP contribution in [0.15, 0.2) is 23.0 Å². The van der Waals surface area contributed by atoms with Crippen molar-refractivity contribution in [3.05, 3.63) is 24.2 Å². The van der Waals surface area contributed by atoms with E-state index in [2.05, 4.69) is 25.7 Å². The summed E-state index contributed by atoms with van der Waals surface area (Å²) in [4.78, 5) is 2.51. The largest absolute Gasteiger partial charge is 0.472 e. The number of hydrogen-bond acceptors (Lipinski definition) is 3. The fourth-order valence-corrected chi connectivity index (χ4v) is 3.04. The Balaban J connectivity index is 1.96. The molecule has 2 heterocycles. The topological polar surface area (TPSA) is 42.4 Å². The van der Waals surface area contributed by atoms with Gasteiger partial charge in [0.1, 0.15) is 0 Å². The molecule has 1 aromatic rings. The summed E-state index contributed by atoms with van der Waals surface area (Å²) in [6, 6.07) is 2.36. The number of hydrogen-bond donors (Lipinski definition) is 1. The molecule has 1 aliphatic rings. The number of likely N-dealkylation sites (tertiary alicyclic amines) is 1. The molecule has 2 rings (SSSR count). The smallest absolute Gasteiger partial charge is 0.0950 e. The van der Waals surface area contributed by atoms with E-state index in [0.29, 0.717) is 18.0 Å². The summed E-state index contributed by atoms with van der Waals surface area (Å²) < 4.78 is 5.18. The van der Waals surface area contributed by atoms with Crippen molar-refractivity contribution in [2.24, 2.45) is 17.1 Å². The summed E-state index contributed by atoms with van der Waals surface area (Å²) >= 11 is 0. The van der Waals surface area contributed by atoms with Gasteiger partial charge in [-0.15, -0.1) is 0 Å². The second kappa shape index (κ2) is 5.45. The molecule has 1 aromatic heterocycles. The zero-order valence-corrected chi connectivity index (χ0v) is 11.9. The highest BCUT2D eigenvalue weighted by molar-refractivity contribution is 5.12. The molecule has 0 spiro atoms. The molecular formula is C15H26N2O. The van der Waals surface area contributed by atoms with Crippen LogP contribution in [-0.2, 0) is 0 Å². The molecule has 0 amide bonds. The Labute approximate surface area is 110 Å². The maximum absolute atomic E-state index is 5.93. The van der Waals surface area contributed by atoms with Gasteiger partial charge in [0, 0.05) is 12.1 Å². The van der Waals surface area contributed by atoms with Gasteiger partial charge < -0.3 is 10.2 Å². The lowest BCUT2D eigenvalue weighted by atomic mass is 9.75. The van der Waals surface area contributed by atoms with Crippen molar-refractivity contribution in [1.29, 1.82) is 0 Å². The van der Waals surface area contributed by atoms with Crippen molar-refractivity contribution in [1.82, 2.24) is 4.90 Å². The van der Waals surface area contributed by atoms with E-state index in [-0.39, 0.29) is 0 Å². The van der Waals surface area contributed by atoms with Gasteiger partial charge in [-0.05, 0) is 43.3 Å². The Morgan fingerprint density at radius 1 is 1.39 bits per heavy atom. The first kappa shape index (κ1) is 13.6. The van der Waals surface area contributed by atoms with Crippen LogP contribution in [0.25, 0.3) is 0 Å². The summed E-state index contributed by atoms with van der Waals surface area (Å²) in [5, 5.41) is 0. The molecule has 0 aliphatic carbocycles. The molecule has 0 saturated carbocycles. The van der Waals surface area contributed by atoms with E-state index in [1.54, 1.807) is 6.26 Å². The van der Waals surface area contributed by atoms with Crippen molar-refractivity contribution in [2.75, 3.05) is 19.6 Å². The average Bonchev–Trinajstić information content (AvgIpc) is 2.83. The van der Waals surface area contributed by atoms with Crippen molar-refractivity contribution in [3.63, 3.8) is 0 Å². The summed E-state index contributed by atoms with van der Waals surface area (Å²) in [7, 11) is 0. The van der Waals surface area contributed by atoms with Gasteiger partial charge in [-0.3, -0.25) is 4.90 Å². The lowest BCUT2D eigenvalue weighted by Crippen LogP contribution is -2.42. The molecule has 2 N–H and O–H groups in total. The molecule has 18 heavy (non-hydrogen) atoms. The number of piperidine rings is 1. The van der Waals surface area contributed by atoms with E-state index in [1.165, 1.54) is 18.4 Å². The average molecular weight is 250 g/mol. The predicted octanol–water partition coefficient (Wildman–Crippen LogP) is 3.04. The third kappa shape index (κ3) is 2.96. The zero-order valence-electron chi connectivity index (χ0n) is 11.9. The van der Waals surface area contributed by atoms with Gasteiger partial charge in [0.2, 0.25) is 0 Å². The molecular weight excluding hydrogens is 224 g/mol. The van der Waals surface area contributed by atoms with Gasteiger partial charge in [-0.25, -0.2) is 0 Å². The Kier molecular flexibility index (Phi) is 4.13. The van der Waals surface area contributed by atoms with E-state index in [1.807, 2.05) is 12.3 Å². The quantitative estimate of drug-likeness (QED) is 0.896. The lowest BCUT2D eigenvalue weighted by Gasteiger charge is -2.41. The Hall–Kier alpha value is -0.800. The summed E-state index contributed by atoms with van der Waals surface area (Å²) in [6.45, 7) is 10.0. The van der Waals surface area contributed by atoms with Crippen LogP contribution < -0.4 is 5.73 Å². The highest BCUT2D eigenvalue weighted by Crippen LogP contribution is 2.36. The van der Waals surface area contributed by atoms with Crippen LogP contribution in [0.4, 0.5) is 0 Å². The predicted molar refractivity (Wildman–Crippen MR) is 74.3 cm³/mol. The van der Waals surface area contributed by atoms with Crippen molar-refractivity contribution < 1.29 is 4.42 Å². The fraction of sp³-hybridized carbons (Fsp3) is 0.733. The van der Waals surface area contributed by atoms with Crippen molar-refractivity contribution in [3.8, 4) is 0 Å². The monoisotopic (exact) mass is 250 g/mol. The van der Waals surface area contributed by atoms with Crippen LogP contribution in [-0.4, -0.2) is 24.5 Å². The van der Waals surface area contributed by atoms with Gasteiger partial charge in [0.25, 0.3) is 0 Å². The molecule has 1 atom stereocenters. The third-order valence-corrected chi connectivity index (χ3v) is 4.35. The normalized spacial score (nSPS) is 21.1. The highest BCUT2D eigenvalue weighted by Gasteiger charge is 2.31. The van der Waals surface area contributed by atoms with E-state index < -0.39 is 0 Å². The van der Waals surface area contributed by atoms with E-state index in [4.69, 9.17) is 10.2 Å². The van der Waals surface area contributed by atoms with Crippen LogP contribution in [0, 0.1) is 11.3 Å². The Morgan fingerprint density at radius 3 is 2.50 bits per heavy atom. The van der Waals surface area contributed by atoms with Crippen LogP contribution in [0.3, 0.4) is 0 Å². The lowest BCUT2D eigenvalue weighted by molar-refractivity contribution is 0.0844. The maximum Gasteiger partial charge on any atom is 0.0950 e. The standard InChI is InChI=1S/C15H26N2O/c1-15(2,3)13-4-7-17(8-5-13)14(10-16)12-6-9-18-11-12/h6,9,11,13-14H,4-5,7-8,10,16H2,1-3H3. The first-order chi connectivity index (χ1) is 8.52. The van der Waals surface area contributed by atoms with Gasteiger partial charge in [-0.1, -0.05) is 20.8 Å². The molecule has 102 valence electrons. The first-order valence-corrected chi connectivity index (χ1v) is 6.98. The number of nitrogens with zero attached hydrogens (tertiary/aromatic N) is 1. The molecule has 1 unspecified atom stereocenters. The minimum atomic E-state index is 0.324. The summed E-state index contributed by atoms with van der Waals surface area (Å²) in [5.41, 5.74) is 7.58. The molecule has 0 aromatic carbocycles. The third-order valence-electron chi connectivity index (χ3n) is 4.35. The van der Waals surface area contributed by atoms with Crippen LogP contribution >= 0.6 is 0 Å². The Bertz CT molecular complexity index is 345. The van der Waals surface area contributed by atoms with Gasteiger partial charge >= 0.3 is 0 Å². The SMILES string of the molecule is CC(C)(C)C1CCN(C(CN)c2ccoc2)CC1. The second-order valence-corrected chi connectivity index (χ2v) is 6.48. The minimum absolute atomic E-state index is 0.324. The molecule has 1 saturated heterocycles. The van der Waals surface area contributed by atoms with Gasteiger partial charge in [0.05, 0.1) is 18.6 Å². The maximum atomic E-state index is 5.93. The van der Waals surface area contributed by atoms with Gasteiger partial charge in [-0.2, -0.15) is 0 Å². The molecule has 1 aliphatic heterocycles. The fourth-order valence-electron chi connectivity index (χ4n) is 3.04. The van der Waals surface area contributed by atoms with Crippen LogP contribution in [0.1, 0.15) is 45.2 Å². The summed E-state index contributed by atoms with van der Waals surface area (Å²) in [6.07, 6.45) is 6.11. The second-order valence-electron chi connectivity index (χ2n) is 6.48. The number of rotatable bonds is 3. The van der Waals surface area contributed by atoms with Crippen molar-refractivity contribution in [2.45, 2.75) is 39.7 Å². The molecule has 0 radical (unpaired) electrons. The first-order valence-electron chi connectivity index (χ1n) is 6.98. The number of nitrogens with two attached hydrogens (primary N) is 1. The van der Waals surface area contributed by atoms with Gasteiger partial charge in [0.15, 0.2) is 0 Å². The van der Waals surface area contributed by atoms with Crippen molar-refractivity contribution >= 4 is 0 Å². The minimum Gasteiger partial charge on any atom is -0.472 e. The van der Waals surface area contributed by atoms with E-state index in [0.717, 1.165) is 19.0 Å². The number of furan rings is 1. The molecule has 3 heteroatoms. The highest BCUT2D eigenvalue weighted by atomic mass is 16.3. The zero-order chi connectivity index (χ0) is 13.2. The molecule has 1 fully saturated rings. The van der Waals surface area contributed by atoms with Crippen LogP contribution in [0.5, 0.6) is 0 Å². The molecule has 0 bridgehead atoms. The van der Waals surface area contributed by atoms with E-state index >= 15 is 0 Å². The van der Waals surface area contributed by atoms with Crippen LogP contribution in [0.2, 0.25) is 0 Å². The summed E-state index contributed by atoms with van der Waals surface area (Å²) in [5.74, 6) is 0.830. The van der Waals surface area contributed by atoms with E-state index in [9.17, 15) is 0 Å². The molecule has 3 nitrogen and oxygen atoms in total. The Morgan fingerprint density at radius 2 is 2.06 bits per heavy atom.